The van der Waals surface area contributed by atoms with Crippen LogP contribution in [0.3, 0.4) is 0 Å². The lowest BCUT2D eigenvalue weighted by atomic mass is 10.2. The van der Waals surface area contributed by atoms with Gasteiger partial charge in [0.2, 0.25) is 0 Å². The molecule has 0 spiro atoms. The standard InChI is InChI=1S/C16H22O4/c1-3-4-11-19-15-9-7-14(8-10-15)16(18)20-12-5-6-13(2)17/h7-10H,3-6,11-12H2,1-2H3. The summed E-state index contributed by atoms with van der Waals surface area (Å²) in [4.78, 5) is 22.5. The van der Waals surface area contributed by atoms with E-state index in [-0.39, 0.29) is 18.4 Å². The lowest BCUT2D eigenvalue weighted by Gasteiger charge is -2.07. The van der Waals surface area contributed by atoms with Crippen molar-refractivity contribution in [1.29, 1.82) is 0 Å². The first-order valence-electron chi connectivity index (χ1n) is 7.03. The summed E-state index contributed by atoms with van der Waals surface area (Å²) in [6.45, 7) is 4.59. The molecule has 0 fully saturated rings. The quantitative estimate of drug-likeness (QED) is 0.513. The fourth-order valence-electron chi connectivity index (χ4n) is 1.59. The summed E-state index contributed by atoms with van der Waals surface area (Å²) in [5, 5.41) is 0. The molecule has 0 aromatic heterocycles. The second kappa shape index (κ2) is 9.13. The van der Waals surface area contributed by atoms with Crippen molar-refractivity contribution >= 4 is 11.8 Å². The molecule has 0 N–H and O–H groups in total. The average Bonchev–Trinajstić information content (AvgIpc) is 2.44. The molecule has 1 aromatic carbocycles. The van der Waals surface area contributed by atoms with E-state index in [0.29, 0.717) is 25.0 Å². The maximum atomic E-state index is 11.7. The second-order valence-corrected chi connectivity index (χ2v) is 4.67. The van der Waals surface area contributed by atoms with Gasteiger partial charge < -0.3 is 14.3 Å². The molecule has 1 rings (SSSR count). The zero-order valence-electron chi connectivity index (χ0n) is 12.2. The smallest absolute Gasteiger partial charge is 0.338 e. The fraction of sp³-hybridized carbons (Fsp3) is 0.500. The maximum absolute atomic E-state index is 11.7. The van der Waals surface area contributed by atoms with Crippen LogP contribution in [0.2, 0.25) is 0 Å². The number of carbonyl (C=O) groups is 2. The minimum Gasteiger partial charge on any atom is -0.494 e. The highest BCUT2D eigenvalue weighted by atomic mass is 16.5. The van der Waals surface area contributed by atoms with Crippen LogP contribution in [0.4, 0.5) is 0 Å². The molecule has 0 radical (unpaired) electrons. The molecule has 0 saturated carbocycles. The zero-order chi connectivity index (χ0) is 14.8. The molecule has 4 heteroatoms. The Bertz CT molecular complexity index is 423. The van der Waals surface area contributed by atoms with Crippen molar-refractivity contribution in [2.24, 2.45) is 0 Å². The van der Waals surface area contributed by atoms with Crippen LogP contribution in [-0.4, -0.2) is 25.0 Å². The van der Waals surface area contributed by atoms with Gasteiger partial charge in [0.05, 0.1) is 18.8 Å². The molecule has 20 heavy (non-hydrogen) atoms. The van der Waals surface area contributed by atoms with Gasteiger partial charge in [-0.25, -0.2) is 4.79 Å². The molecular weight excluding hydrogens is 256 g/mol. The highest BCUT2D eigenvalue weighted by Crippen LogP contribution is 2.13. The molecule has 0 aliphatic carbocycles. The van der Waals surface area contributed by atoms with Crippen LogP contribution in [-0.2, 0) is 9.53 Å². The Balaban J connectivity index is 2.35. The minimum atomic E-state index is -0.367. The first-order chi connectivity index (χ1) is 9.63. The van der Waals surface area contributed by atoms with Crippen LogP contribution in [0.5, 0.6) is 5.75 Å². The fourth-order valence-corrected chi connectivity index (χ4v) is 1.59. The van der Waals surface area contributed by atoms with Crippen molar-refractivity contribution in [3.8, 4) is 5.75 Å². The Labute approximate surface area is 120 Å². The summed E-state index contributed by atoms with van der Waals surface area (Å²) in [6, 6.07) is 6.91. The summed E-state index contributed by atoms with van der Waals surface area (Å²) < 4.78 is 10.6. The normalized spacial score (nSPS) is 10.1. The predicted octanol–water partition coefficient (Wildman–Crippen LogP) is 3.39. The highest BCUT2D eigenvalue weighted by Gasteiger charge is 2.07. The molecule has 0 bridgehead atoms. The Kier molecular flexibility index (Phi) is 7.40. The molecule has 0 unspecified atom stereocenters. The second-order valence-electron chi connectivity index (χ2n) is 4.67. The van der Waals surface area contributed by atoms with Gasteiger partial charge in [0, 0.05) is 6.42 Å². The van der Waals surface area contributed by atoms with Crippen molar-refractivity contribution in [2.45, 2.75) is 39.5 Å². The van der Waals surface area contributed by atoms with E-state index in [9.17, 15) is 9.59 Å². The zero-order valence-corrected chi connectivity index (χ0v) is 12.2. The van der Waals surface area contributed by atoms with E-state index in [0.717, 1.165) is 18.6 Å². The van der Waals surface area contributed by atoms with Gasteiger partial charge in [-0.3, -0.25) is 0 Å². The number of ether oxygens (including phenoxy) is 2. The number of rotatable bonds is 9. The SMILES string of the molecule is CCCCOc1ccc(C(=O)OCCCC(C)=O)cc1. The van der Waals surface area contributed by atoms with E-state index in [1.54, 1.807) is 24.3 Å². The summed E-state index contributed by atoms with van der Waals surface area (Å²) in [7, 11) is 0. The average molecular weight is 278 g/mol. The third-order valence-corrected chi connectivity index (χ3v) is 2.76. The van der Waals surface area contributed by atoms with E-state index in [2.05, 4.69) is 6.92 Å². The van der Waals surface area contributed by atoms with E-state index >= 15 is 0 Å². The van der Waals surface area contributed by atoms with Crippen LogP contribution in [0.15, 0.2) is 24.3 Å². The van der Waals surface area contributed by atoms with E-state index in [1.165, 1.54) is 6.92 Å². The Morgan fingerprint density at radius 2 is 1.75 bits per heavy atom. The lowest BCUT2D eigenvalue weighted by Crippen LogP contribution is -2.07. The van der Waals surface area contributed by atoms with Gasteiger partial charge in [0.25, 0.3) is 0 Å². The number of unbranched alkanes of at least 4 members (excludes halogenated alkanes) is 1. The molecule has 0 saturated heterocycles. The van der Waals surface area contributed by atoms with Crippen LogP contribution in [0.25, 0.3) is 0 Å². The summed E-state index contributed by atoms with van der Waals surface area (Å²) >= 11 is 0. The monoisotopic (exact) mass is 278 g/mol. The lowest BCUT2D eigenvalue weighted by molar-refractivity contribution is -0.117. The largest absolute Gasteiger partial charge is 0.494 e. The van der Waals surface area contributed by atoms with Crippen LogP contribution in [0, 0.1) is 0 Å². The van der Waals surface area contributed by atoms with Gasteiger partial charge in [-0.1, -0.05) is 13.3 Å². The van der Waals surface area contributed by atoms with Gasteiger partial charge in [-0.2, -0.15) is 0 Å². The molecule has 0 atom stereocenters. The van der Waals surface area contributed by atoms with Crippen molar-refractivity contribution in [2.75, 3.05) is 13.2 Å². The third kappa shape index (κ3) is 6.36. The molecule has 110 valence electrons. The third-order valence-electron chi connectivity index (χ3n) is 2.76. The van der Waals surface area contributed by atoms with E-state index in [1.807, 2.05) is 0 Å². The van der Waals surface area contributed by atoms with E-state index in [4.69, 9.17) is 9.47 Å². The maximum Gasteiger partial charge on any atom is 0.338 e. The van der Waals surface area contributed by atoms with Crippen molar-refractivity contribution in [3.63, 3.8) is 0 Å². The number of ketones is 1. The van der Waals surface area contributed by atoms with Crippen LogP contribution in [0.1, 0.15) is 49.9 Å². The number of benzene rings is 1. The number of esters is 1. The van der Waals surface area contributed by atoms with Gasteiger partial charge in [0.1, 0.15) is 11.5 Å². The van der Waals surface area contributed by atoms with E-state index < -0.39 is 0 Å². The van der Waals surface area contributed by atoms with Gasteiger partial charge >= 0.3 is 5.97 Å². The van der Waals surface area contributed by atoms with Crippen molar-refractivity contribution in [1.82, 2.24) is 0 Å². The topological polar surface area (TPSA) is 52.6 Å². The van der Waals surface area contributed by atoms with Crippen molar-refractivity contribution < 1.29 is 19.1 Å². The van der Waals surface area contributed by atoms with Crippen LogP contribution >= 0.6 is 0 Å². The highest BCUT2D eigenvalue weighted by molar-refractivity contribution is 5.89. The first-order valence-corrected chi connectivity index (χ1v) is 7.03. The molecule has 0 aliphatic rings. The molecule has 0 aliphatic heterocycles. The summed E-state index contributed by atoms with van der Waals surface area (Å²) in [5.41, 5.74) is 0.496. The summed E-state index contributed by atoms with van der Waals surface area (Å²) in [6.07, 6.45) is 3.11. The molecule has 0 amide bonds. The predicted molar refractivity (Wildman–Crippen MR) is 77.0 cm³/mol. The van der Waals surface area contributed by atoms with Crippen LogP contribution < -0.4 is 4.74 Å². The number of hydrogen-bond acceptors (Lipinski definition) is 4. The molecule has 0 heterocycles. The molecule has 1 aromatic rings. The molecule has 4 nitrogen and oxygen atoms in total. The Morgan fingerprint density at radius 3 is 2.35 bits per heavy atom. The number of Topliss-reactive ketones (excluding diaryl/α,β-unsaturated/α-hetero) is 1. The van der Waals surface area contributed by atoms with Crippen molar-refractivity contribution in [3.05, 3.63) is 29.8 Å². The number of hydrogen-bond donors (Lipinski definition) is 0. The van der Waals surface area contributed by atoms with Gasteiger partial charge in [0.15, 0.2) is 0 Å². The minimum absolute atomic E-state index is 0.106. The first kappa shape index (κ1) is 16.2. The van der Waals surface area contributed by atoms with Gasteiger partial charge in [-0.15, -0.1) is 0 Å². The number of carbonyl (C=O) groups excluding carboxylic acids is 2. The summed E-state index contributed by atoms with van der Waals surface area (Å²) in [5.74, 6) is 0.495. The van der Waals surface area contributed by atoms with Gasteiger partial charge in [-0.05, 0) is 44.0 Å². The Morgan fingerprint density at radius 1 is 1.05 bits per heavy atom. The Hall–Kier alpha value is -1.84. The molecular formula is C16H22O4.